The van der Waals surface area contributed by atoms with Gasteiger partial charge in [-0.25, -0.2) is 0 Å². The Kier molecular flexibility index (Phi) is 4.11. The quantitative estimate of drug-likeness (QED) is 0.922. The summed E-state index contributed by atoms with van der Waals surface area (Å²) in [5, 5.41) is 20.1. The fourth-order valence-corrected chi connectivity index (χ4v) is 1.72. The molecule has 20 heavy (non-hydrogen) atoms. The van der Waals surface area contributed by atoms with Crippen LogP contribution < -0.4 is 5.32 Å². The van der Waals surface area contributed by atoms with Gasteiger partial charge in [-0.1, -0.05) is 12.1 Å². The maximum Gasteiger partial charge on any atom is 0.228 e. The van der Waals surface area contributed by atoms with Crippen molar-refractivity contribution in [3.63, 3.8) is 0 Å². The largest absolute Gasteiger partial charge is 0.326 e. The lowest BCUT2D eigenvalue weighted by atomic mass is 10.1. The molecule has 2 rings (SSSR count). The Morgan fingerprint density at radius 3 is 1.90 bits per heavy atom. The van der Waals surface area contributed by atoms with Gasteiger partial charge in [-0.15, -0.1) is 0 Å². The molecule has 0 aliphatic heterocycles. The molecule has 0 radical (unpaired) electrons. The highest BCUT2D eigenvalue weighted by Gasteiger charge is 2.04. The predicted octanol–water partition coefficient (Wildman–Crippen LogP) is 2.61. The van der Waals surface area contributed by atoms with E-state index < -0.39 is 0 Å². The van der Waals surface area contributed by atoms with Crippen molar-refractivity contribution >= 4 is 11.6 Å². The summed E-state index contributed by atoms with van der Waals surface area (Å²) in [6.07, 6.45) is 0.242. The van der Waals surface area contributed by atoms with Crippen LogP contribution in [0.25, 0.3) is 0 Å². The van der Waals surface area contributed by atoms with E-state index in [1.165, 1.54) is 0 Å². The molecule has 0 bridgehead atoms. The van der Waals surface area contributed by atoms with Crippen molar-refractivity contribution < 1.29 is 4.79 Å². The van der Waals surface area contributed by atoms with Gasteiger partial charge < -0.3 is 5.32 Å². The number of nitriles is 2. The van der Waals surface area contributed by atoms with Crippen LogP contribution in [0.4, 0.5) is 5.69 Å². The number of nitrogens with zero attached hydrogens (tertiary/aromatic N) is 2. The van der Waals surface area contributed by atoms with Crippen LogP contribution in [0.2, 0.25) is 0 Å². The molecular formula is C16H11N3O. The Balaban J connectivity index is 1.97. The molecule has 0 fully saturated rings. The molecule has 1 N–H and O–H groups in total. The van der Waals surface area contributed by atoms with Crippen molar-refractivity contribution in [2.24, 2.45) is 0 Å². The summed E-state index contributed by atoms with van der Waals surface area (Å²) >= 11 is 0. The van der Waals surface area contributed by atoms with Gasteiger partial charge in [0.2, 0.25) is 5.91 Å². The van der Waals surface area contributed by atoms with Crippen LogP contribution in [-0.2, 0) is 11.2 Å². The van der Waals surface area contributed by atoms with Crippen molar-refractivity contribution in [2.45, 2.75) is 6.42 Å². The van der Waals surface area contributed by atoms with E-state index in [0.29, 0.717) is 16.8 Å². The summed E-state index contributed by atoms with van der Waals surface area (Å²) in [4.78, 5) is 11.8. The fraction of sp³-hybridized carbons (Fsp3) is 0.0625. The second-order valence-corrected chi connectivity index (χ2v) is 4.22. The van der Waals surface area contributed by atoms with Gasteiger partial charge in [0.1, 0.15) is 0 Å². The minimum atomic E-state index is -0.139. The van der Waals surface area contributed by atoms with Crippen LogP contribution in [0.15, 0.2) is 48.5 Å². The average Bonchev–Trinajstić information content (AvgIpc) is 2.49. The number of hydrogen-bond donors (Lipinski definition) is 1. The van der Waals surface area contributed by atoms with Crippen LogP contribution in [-0.4, -0.2) is 5.91 Å². The Bertz CT molecular complexity index is 627. The summed E-state index contributed by atoms with van der Waals surface area (Å²) in [7, 11) is 0. The summed E-state index contributed by atoms with van der Waals surface area (Å²) < 4.78 is 0. The lowest BCUT2D eigenvalue weighted by Crippen LogP contribution is -2.14. The maximum absolute atomic E-state index is 11.8. The van der Waals surface area contributed by atoms with Gasteiger partial charge in [-0.3, -0.25) is 4.79 Å². The monoisotopic (exact) mass is 261 g/mol. The van der Waals surface area contributed by atoms with E-state index in [0.717, 1.165) is 5.56 Å². The van der Waals surface area contributed by atoms with E-state index in [1.54, 1.807) is 48.5 Å². The molecule has 4 nitrogen and oxygen atoms in total. The zero-order valence-corrected chi connectivity index (χ0v) is 10.6. The zero-order chi connectivity index (χ0) is 14.4. The highest BCUT2D eigenvalue weighted by Crippen LogP contribution is 2.10. The number of amides is 1. The van der Waals surface area contributed by atoms with E-state index in [-0.39, 0.29) is 12.3 Å². The van der Waals surface area contributed by atoms with E-state index in [2.05, 4.69) is 5.32 Å². The van der Waals surface area contributed by atoms with Crippen molar-refractivity contribution in [1.82, 2.24) is 0 Å². The van der Waals surface area contributed by atoms with Crippen molar-refractivity contribution in [3.05, 3.63) is 65.2 Å². The molecular weight excluding hydrogens is 250 g/mol. The maximum atomic E-state index is 11.8. The van der Waals surface area contributed by atoms with Gasteiger partial charge in [0, 0.05) is 5.69 Å². The summed E-state index contributed by atoms with van der Waals surface area (Å²) in [5.74, 6) is -0.139. The first kappa shape index (κ1) is 13.3. The van der Waals surface area contributed by atoms with Crippen molar-refractivity contribution in [3.8, 4) is 12.1 Å². The van der Waals surface area contributed by atoms with Gasteiger partial charge in [0.15, 0.2) is 0 Å². The molecule has 0 spiro atoms. The minimum absolute atomic E-state index is 0.139. The SMILES string of the molecule is N#Cc1ccc(CC(=O)Nc2ccc(C#N)cc2)cc1. The van der Waals surface area contributed by atoms with Crippen LogP contribution in [0.5, 0.6) is 0 Å². The van der Waals surface area contributed by atoms with Gasteiger partial charge in [0.25, 0.3) is 0 Å². The number of rotatable bonds is 3. The van der Waals surface area contributed by atoms with Gasteiger partial charge >= 0.3 is 0 Å². The van der Waals surface area contributed by atoms with Crippen LogP contribution in [0.3, 0.4) is 0 Å². The number of hydrogen-bond acceptors (Lipinski definition) is 3. The molecule has 0 aromatic heterocycles. The molecule has 0 saturated heterocycles. The normalized spacial score (nSPS) is 9.30. The predicted molar refractivity (Wildman–Crippen MR) is 74.6 cm³/mol. The van der Waals surface area contributed by atoms with Gasteiger partial charge in [0.05, 0.1) is 29.7 Å². The molecule has 0 saturated carbocycles. The number of carbonyl (C=O) groups is 1. The average molecular weight is 261 g/mol. The Morgan fingerprint density at radius 2 is 1.40 bits per heavy atom. The standard InChI is InChI=1S/C16H11N3O/c17-10-13-3-1-12(2-4-13)9-16(20)19-15-7-5-14(11-18)6-8-15/h1-8H,9H2,(H,19,20). The first-order valence-corrected chi connectivity index (χ1v) is 6.00. The number of nitrogens with one attached hydrogen (secondary N) is 1. The van der Waals surface area contributed by atoms with E-state index >= 15 is 0 Å². The Labute approximate surface area is 116 Å². The van der Waals surface area contributed by atoms with Crippen molar-refractivity contribution in [1.29, 1.82) is 10.5 Å². The third kappa shape index (κ3) is 3.44. The third-order valence-electron chi connectivity index (χ3n) is 2.75. The molecule has 2 aromatic carbocycles. The van der Waals surface area contributed by atoms with Gasteiger partial charge in [-0.2, -0.15) is 10.5 Å². The number of carbonyl (C=O) groups excluding carboxylic acids is 1. The third-order valence-corrected chi connectivity index (χ3v) is 2.75. The van der Waals surface area contributed by atoms with E-state index in [4.69, 9.17) is 10.5 Å². The second kappa shape index (κ2) is 6.17. The molecule has 4 heteroatoms. The smallest absolute Gasteiger partial charge is 0.228 e. The van der Waals surface area contributed by atoms with Gasteiger partial charge in [-0.05, 0) is 42.0 Å². The summed E-state index contributed by atoms with van der Waals surface area (Å²) in [5.41, 5.74) is 2.62. The first-order chi connectivity index (χ1) is 9.71. The number of benzene rings is 2. The lowest BCUT2D eigenvalue weighted by Gasteiger charge is -2.05. The Hall–Kier alpha value is -3.11. The molecule has 1 amide bonds. The highest BCUT2D eigenvalue weighted by atomic mass is 16.1. The molecule has 0 heterocycles. The highest BCUT2D eigenvalue weighted by molar-refractivity contribution is 5.92. The second-order valence-electron chi connectivity index (χ2n) is 4.22. The summed E-state index contributed by atoms with van der Waals surface area (Å²) in [6, 6.07) is 17.6. The zero-order valence-electron chi connectivity index (χ0n) is 10.6. The van der Waals surface area contributed by atoms with E-state index in [9.17, 15) is 4.79 Å². The fourth-order valence-electron chi connectivity index (χ4n) is 1.72. The van der Waals surface area contributed by atoms with Crippen LogP contribution in [0.1, 0.15) is 16.7 Å². The van der Waals surface area contributed by atoms with E-state index in [1.807, 2.05) is 12.1 Å². The summed E-state index contributed by atoms with van der Waals surface area (Å²) in [6.45, 7) is 0. The molecule has 2 aromatic rings. The lowest BCUT2D eigenvalue weighted by molar-refractivity contribution is -0.115. The molecule has 96 valence electrons. The number of anilines is 1. The molecule has 0 atom stereocenters. The molecule has 0 aliphatic rings. The van der Waals surface area contributed by atoms with Crippen LogP contribution >= 0.6 is 0 Å². The molecule has 0 unspecified atom stereocenters. The van der Waals surface area contributed by atoms with Crippen molar-refractivity contribution in [2.75, 3.05) is 5.32 Å². The minimum Gasteiger partial charge on any atom is -0.326 e. The Morgan fingerprint density at radius 1 is 0.900 bits per heavy atom. The first-order valence-electron chi connectivity index (χ1n) is 6.00. The molecule has 0 aliphatic carbocycles. The van der Waals surface area contributed by atoms with Crippen LogP contribution in [0, 0.1) is 22.7 Å². The topological polar surface area (TPSA) is 76.7 Å².